The number of carbonyl (C=O) groups excluding carboxylic acids is 1. The predicted octanol–water partition coefficient (Wildman–Crippen LogP) is 3.14. The molecule has 1 heterocycles. The van der Waals surface area contributed by atoms with Gasteiger partial charge in [0.05, 0.1) is 22.7 Å². The average Bonchev–Trinajstić information content (AvgIpc) is 2.87. The molecule has 1 unspecified atom stereocenters. The molecule has 0 saturated heterocycles. The SMILES string of the molecule is CCOC(=O)C(c1ccccc1)n1c(=O)[nH]c2cccc(Cl)c21. The van der Waals surface area contributed by atoms with E-state index in [1.807, 2.05) is 18.2 Å². The van der Waals surface area contributed by atoms with Crippen LogP contribution in [-0.4, -0.2) is 22.1 Å². The molecule has 5 nitrogen and oxygen atoms in total. The van der Waals surface area contributed by atoms with Crippen LogP contribution in [-0.2, 0) is 9.53 Å². The van der Waals surface area contributed by atoms with Crippen LogP contribution in [0.2, 0.25) is 5.02 Å². The van der Waals surface area contributed by atoms with Gasteiger partial charge in [0.15, 0.2) is 6.04 Å². The number of nitrogens with one attached hydrogen (secondary N) is 1. The number of aromatic amines is 1. The van der Waals surface area contributed by atoms with Gasteiger partial charge in [-0.05, 0) is 24.6 Å². The number of aromatic nitrogens is 2. The van der Waals surface area contributed by atoms with E-state index in [1.54, 1.807) is 37.3 Å². The third kappa shape index (κ3) is 2.75. The normalized spacial score (nSPS) is 12.3. The minimum absolute atomic E-state index is 0.229. The first kappa shape index (κ1) is 15.4. The van der Waals surface area contributed by atoms with Crippen molar-refractivity contribution in [3.05, 3.63) is 69.6 Å². The Morgan fingerprint density at radius 3 is 2.65 bits per heavy atom. The summed E-state index contributed by atoms with van der Waals surface area (Å²) in [5.74, 6) is -0.499. The van der Waals surface area contributed by atoms with E-state index in [0.717, 1.165) is 0 Å². The number of carbonyl (C=O) groups is 1. The first-order chi connectivity index (χ1) is 11.1. The number of halogens is 1. The number of H-pyrrole nitrogens is 1. The largest absolute Gasteiger partial charge is 0.464 e. The van der Waals surface area contributed by atoms with Gasteiger partial charge in [-0.1, -0.05) is 48.0 Å². The summed E-state index contributed by atoms with van der Waals surface area (Å²) in [5.41, 5.74) is 1.32. The van der Waals surface area contributed by atoms with E-state index in [1.165, 1.54) is 4.57 Å². The highest BCUT2D eigenvalue weighted by molar-refractivity contribution is 6.35. The predicted molar refractivity (Wildman–Crippen MR) is 88.8 cm³/mol. The Kier molecular flexibility index (Phi) is 4.21. The molecule has 0 aliphatic rings. The molecule has 6 heteroatoms. The molecule has 1 N–H and O–H groups in total. The molecule has 23 heavy (non-hydrogen) atoms. The van der Waals surface area contributed by atoms with Crippen molar-refractivity contribution in [2.24, 2.45) is 0 Å². The van der Waals surface area contributed by atoms with Crippen molar-refractivity contribution >= 4 is 28.6 Å². The lowest BCUT2D eigenvalue weighted by atomic mass is 10.1. The highest BCUT2D eigenvalue weighted by Gasteiger charge is 2.28. The van der Waals surface area contributed by atoms with Gasteiger partial charge in [0, 0.05) is 0 Å². The number of nitrogens with zero attached hydrogens (tertiary/aromatic N) is 1. The van der Waals surface area contributed by atoms with E-state index in [9.17, 15) is 9.59 Å². The van der Waals surface area contributed by atoms with Gasteiger partial charge in [-0.25, -0.2) is 9.59 Å². The fourth-order valence-corrected chi connectivity index (χ4v) is 2.90. The molecule has 3 aromatic rings. The Hall–Kier alpha value is -2.53. The summed E-state index contributed by atoms with van der Waals surface area (Å²) in [6, 6.07) is 13.3. The van der Waals surface area contributed by atoms with Crippen molar-refractivity contribution < 1.29 is 9.53 Å². The standard InChI is InChI=1S/C17H15ClN2O3/c1-2-23-16(21)14(11-7-4-3-5-8-11)20-15-12(18)9-6-10-13(15)19-17(20)22/h3-10,14H,2H2,1H3,(H,19,22). The van der Waals surface area contributed by atoms with E-state index >= 15 is 0 Å². The maximum Gasteiger partial charge on any atom is 0.334 e. The summed E-state index contributed by atoms with van der Waals surface area (Å²) in [5, 5.41) is 0.395. The Balaban J connectivity index is 2.28. The topological polar surface area (TPSA) is 64.1 Å². The summed E-state index contributed by atoms with van der Waals surface area (Å²) in [6.45, 7) is 1.96. The van der Waals surface area contributed by atoms with E-state index < -0.39 is 17.7 Å². The van der Waals surface area contributed by atoms with Crippen LogP contribution in [0, 0.1) is 0 Å². The van der Waals surface area contributed by atoms with Crippen LogP contribution in [0.25, 0.3) is 11.0 Å². The second kappa shape index (κ2) is 6.30. The van der Waals surface area contributed by atoms with Gasteiger partial charge >= 0.3 is 11.7 Å². The molecule has 0 saturated carbocycles. The van der Waals surface area contributed by atoms with Crippen LogP contribution in [0.15, 0.2) is 53.3 Å². The average molecular weight is 331 g/mol. The molecule has 1 atom stereocenters. The number of benzene rings is 2. The fraction of sp³-hybridized carbons (Fsp3) is 0.176. The molecule has 118 valence electrons. The van der Waals surface area contributed by atoms with E-state index in [4.69, 9.17) is 16.3 Å². The number of imidazole rings is 1. The summed E-state index contributed by atoms with van der Waals surface area (Å²) in [6.07, 6.45) is 0. The molecule has 0 fully saturated rings. The molecule has 0 bridgehead atoms. The van der Waals surface area contributed by atoms with Crippen molar-refractivity contribution in [3.63, 3.8) is 0 Å². The number of hydrogen-bond acceptors (Lipinski definition) is 3. The molecule has 2 aromatic carbocycles. The monoisotopic (exact) mass is 330 g/mol. The zero-order valence-corrected chi connectivity index (χ0v) is 13.2. The number of rotatable bonds is 4. The molecule has 0 spiro atoms. The molecule has 0 amide bonds. The Labute approximate surface area is 137 Å². The van der Waals surface area contributed by atoms with Crippen LogP contribution in [0.3, 0.4) is 0 Å². The second-order valence-electron chi connectivity index (χ2n) is 5.00. The van der Waals surface area contributed by atoms with Gasteiger partial charge in [-0.3, -0.25) is 4.57 Å². The minimum Gasteiger partial charge on any atom is -0.464 e. The fourth-order valence-electron chi connectivity index (χ4n) is 2.63. The summed E-state index contributed by atoms with van der Waals surface area (Å²) < 4.78 is 6.52. The molecule has 3 rings (SSSR count). The maximum absolute atomic E-state index is 12.5. The Morgan fingerprint density at radius 1 is 1.22 bits per heavy atom. The highest BCUT2D eigenvalue weighted by Crippen LogP contribution is 2.27. The molecule has 1 aromatic heterocycles. The molecule has 0 aliphatic heterocycles. The van der Waals surface area contributed by atoms with Gasteiger partial charge < -0.3 is 9.72 Å². The summed E-state index contributed by atoms with van der Waals surface area (Å²) >= 11 is 6.26. The van der Waals surface area contributed by atoms with Crippen LogP contribution >= 0.6 is 11.6 Å². The van der Waals surface area contributed by atoms with Crippen molar-refractivity contribution in [1.29, 1.82) is 0 Å². The number of hydrogen-bond donors (Lipinski definition) is 1. The van der Waals surface area contributed by atoms with Gasteiger partial charge in [0.1, 0.15) is 0 Å². The lowest BCUT2D eigenvalue weighted by Crippen LogP contribution is -2.30. The number of esters is 1. The van der Waals surface area contributed by atoms with Crippen molar-refractivity contribution in [2.45, 2.75) is 13.0 Å². The summed E-state index contributed by atoms with van der Waals surface area (Å²) in [7, 11) is 0. The molecular formula is C17H15ClN2O3. The van der Waals surface area contributed by atoms with Crippen LogP contribution in [0.1, 0.15) is 18.5 Å². The first-order valence-electron chi connectivity index (χ1n) is 7.23. The number of ether oxygens (including phenoxy) is 1. The lowest BCUT2D eigenvalue weighted by molar-refractivity contribution is -0.145. The summed E-state index contributed by atoms with van der Waals surface area (Å²) in [4.78, 5) is 27.7. The first-order valence-corrected chi connectivity index (χ1v) is 7.61. The highest BCUT2D eigenvalue weighted by atomic mass is 35.5. The van der Waals surface area contributed by atoms with Crippen molar-refractivity contribution in [3.8, 4) is 0 Å². The smallest absolute Gasteiger partial charge is 0.334 e. The number of para-hydroxylation sites is 1. The zero-order valence-electron chi connectivity index (χ0n) is 12.5. The Morgan fingerprint density at radius 2 is 1.96 bits per heavy atom. The van der Waals surface area contributed by atoms with Gasteiger partial charge in [-0.15, -0.1) is 0 Å². The number of fused-ring (bicyclic) bond motifs is 1. The van der Waals surface area contributed by atoms with Gasteiger partial charge in [0.25, 0.3) is 0 Å². The van der Waals surface area contributed by atoms with E-state index in [2.05, 4.69) is 4.98 Å². The van der Waals surface area contributed by atoms with Crippen molar-refractivity contribution in [2.75, 3.05) is 6.61 Å². The van der Waals surface area contributed by atoms with Crippen LogP contribution in [0.4, 0.5) is 0 Å². The van der Waals surface area contributed by atoms with Crippen LogP contribution < -0.4 is 5.69 Å². The Bertz CT molecular complexity index is 899. The maximum atomic E-state index is 12.5. The van der Waals surface area contributed by atoms with Crippen molar-refractivity contribution in [1.82, 2.24) is 9.55 Å². The van der Waals surface area contributed by atoms with E-state index in [0.29, 0.717) is 21.6 Å². The lowest BCUT2D eigenvalue weighted by Gasteiger charge is -2.18. The van der Waals surface area contributed by atoms with Gasteiger partial charge in [-0.2, -0.15) is 0 Å². The van der Waals surface area contributed by atoms with Crippen LogP contribution in [0.5, 0.6) is 0 Å². The third-order valence-electron chi connectivity index (χ3n) is 3.57. The minimum atomic E-state index is -0.891. The third-order valence-corrected chi connectivity index (χ3v) is 3.88. The van der Waals surface area contributed by atoms with E-state index in [-0.39, 0.29) is 6.61 Å². The molecular weight excluding hydrogens is 316 g/mol. The molecule has 0 radical (unpaired) electrons. The molecule has 0 aliphatic carbocycles. The second-order valence-corrected chi connectivity index (χ2v) is 5.41. The van der Waals surface area contributed by atoms with Gasteiger partial charge in [0.2, 0.25) is 0 Å². The quantitative estimate of drug-likeness (QED) is 0.747. The zero-order chi connectivity index (χ0) is 16.4.